The maximum Gasteiger partial charge on any atom is 0.320 e. The van der Waals surface area contributed by atoms with Gasteiger partial charge in [0.05, 0.1) is 0 Å². The lowest BCUT2D eigenvalue weighted by molar-refractivity contribution is -0.139. The third-order valence-electron chi connectivity index (χ3n) is 2.23. The third-order valence-corrected chi connectivity index (χ3v) is 2.23. The first kappa shape index (κ1) is 11.7. The first-order valence-electron chi connectivity index (χ1n) is 5.01. The first-order chi connectivity index (χ1) is 7.13. The molecule has 0 aliphatic heterocycles. The highest BCUT2D eigenvalue weighted by atomic mass is 16.4. The predicted molar refractivity (Wildman–Crippen MR) is 57.5 cm³/mol. The highest BCUT2D eigenvalue weighted by Gasteiger charge is 2.13. The van der Waals surface area contributed by atoms with E-state index in [0.29, 0.717) is 13.0 Å². The van der Waals surface area contributed by atoms with E-state index in [-0.39, 0.29) is 0 Å². The van der Waals surface area contributed by atoms with Crippen LogP contribution in [0.4, 0.5) is 0 Å². The Hall–Kier alpha value is -1.42. The minimum Gasteiger partial charge on any atom is -0.480 e. The van der Waals surface area contributed by atoms with Gasteiger partial charge in [-0.3, -0.25) is 9.78 Å². The van der Waals surface area contributed by atoms with Gasteiger partial charge in [0.1, 0.15) is 6.04 Å². The van der Waals surface area contributed by atoms with Crippen LogP contribution in [0.2, 0.25) is 0 Å². The number of hydrogen-bond donors (Lipinski definition) is 2. The van der Waals surface area contributed by atoms with E-state index >= 15 is 0 Å². The van der Waals surface area contributed by atoms with E-state index in [2.05, 4.69) is 10.3 Å². The Bertz CT molecular complexity index is 322. The van der Waals surface area contributed by atoms with Crippen molar-refractivity contribution in [1.29, 1.82) is 0 Å². The summed E-state index contributed by atoms with van der Waals surface area (Å²) in [6.45, 7) is 4.31. The van der Waals surface area contributed by atoms with Gasteiger partial charge in [0, 0.05) is 18.4 Å². The molecule has 15 heavy (non-hydrogen) atoms. The number of hydrogen-bond acceptors (Lipinski definition) is 3. The van der Waals surface area contributed by atoms with Crippen LogP contribution in [0.25, 0.3) is 0 Å². The minimum absolute atomic E-state index is 0.480. The van der Waals surface area contributed by atoms with Gasteiger partial charge in [0.25, 0.3) is 0 Å². The van der Waals surface area contributed by atoms with E-state index in [4.69, 9.17) is 5.11 Å². The van der Waals surface area contributed by atoms with Crippen LogP contribution >= 0.6 is 0 Å². The second-order valence-electron chi connectivity index (χ2n) is 3.49. The van der Waals surface area contributed by atoms with Crippen molar-refractivity contribution in [2.75, 3.05) is 0 Å². The monoisotopic (exact) mass is 208 g/mol. The molecule has 0 aliphatic rings. The van der Waals surface area contributed by atoms with E-state index in [9.17, 15) is 4.79 Å². The van der Waals surface area contributed by atoms with E-state index in [1.54, 1.807) is 6.20 Å². The van der Waals surface area contributed by atoms with Crippen molar-refractivity contribution < 1.29 is 9.90 Å². The number of aliphatic carboxylic acids is 1. The molecular weight excluding hydrogens is 192 g/mol. The van der Waals surface area contributed by atoms with Crippen LogP contribution < -0.4 is 5.32 Å². The molecular formula is C11H16N2O2. The number of carbonyl (C=O) groups is 1. The predicted octanol–water partition coefficient (Wildman–Crippen LogP) is 1.34. The summed E-state index contributed by atoms with van der Waals surface area (Å²) in [4.78, 5) is 14.9. The number of carboxylic acid groups (broad SMARTS) is 1. The van der Waals surface area contributed by atoms with Crippen molar-refractivity contribution >= 4 is 5.97 Å². The fourth-order valence-electron chi connectivity index (χ4n) is 1.25. The van der Waals surface area contributed by atoms with Crippen LogP contribution in [0.3, 0.4) is 0 Å². The highest BCUT2D eigenvalue weighted by Crippen LogP contribution is 2.00. The number of nitrogens with one attached hydrogen (secondary N) is 1. The fourth-order valence-corrected chi connectivity index (χ4v) is 1.25. The standard InChI is InChI=1S/C11H16N2O2/c1-3-10(11(14)15)13-7-9-5-4-8(2)12-6-9/h4-6,10,13H,3,7H2,1-2H3,(H,14,15). The molecule has 0 aliphatic carbocycles. The average Bonchev–Trinajstić information content (AvgIpc) is 2.21. The molecule has 1 unspecified atom stereocenters. The van der Waals surface area contributed by atoms with E-state index in [1.807, 2.05) is 26.0 Å². The van der Waals surface area contributed by atoms with Gasteiger partial charge in [-0.15, -0.1) is 0 Å². The lowest BCUT2D eigenvalue weighted by atomic mass is 10.2. The molecule has 1 rings (SSSR count). The van der Waals surface area contributed by atoms with Crippen molar-refractivity contribution in [3.05, 3.63) is 29.6 Å². The minimum atomic E-state index is -0.808. The quantitative estimate of drug-likeness (QED) is 0.766. The smallest absolute Gasteiger partial charge is 0.320 e. The lowest BCUT2D eigenvalue weighted by Crippen LogP contribution is -2.35. The zero-order valence-corrected chi connectivity index (χ0v) is 9.03. The molecule has 0 saturated carbocycles. The van der Waals surface area contributed by atoms with Crippen LogP contribution in [0.15, 0.2) is 18.3 Å². The number of aryl methyl sites for hydroxylation is 1. The van der Waals surface area contributed by atoms with Crippen LogP contribution in [0.1, 0.15) is 24.6 Å². The molecule has 82 valence electrons. The number of aromatic nitrogens is 1. The molecule has 4 heteroatoms. The molecule has 4 nitrogen and oxygen atoms in total. The van der Waals surface area contributed by atoms with Crippen LogP contribution in [-0.2, 0) is 11.3 Å². The van der Waals surface area contributed by atoms with Gasteiger partial charge in [-0.25, -0.2) is 0 Å². The second kappa shape index (κ2) is 5.46. The molecule has 0 spiro atoms. The molecule has 0 fully saturated rings. The number of pyridine rings is 1. The molecule has 2 N–H and O–H groups in total. The van der Waals surface area contributed by atoms with Gasteiger partial charge in [0.15, 0.2) is 0 Å². The van der Waals surface area contributed by atoms with E-state index < -0.39 is 12.0 Å². The summed E-state index contributed by atoms with van der Waals surface area (Å²) in [6, 6.07) is 3.38. The van der Waals surface area contributed by atoms with Gasteiger partial charge >= 0.3 is 5.97 Å². The first-order valence-corrected chi connectivity index (χ1v) is 5.01. The maximum atomic E-state index is 10.7. The molecule has 0 aromatic carbocycles. The molecule has 0 amide bonds. The summed E-state index contributed by atoms with van der Waals surface area (Å²) in [5.74, 6) is -0.808. The molecule has 0 saturated heterocycles. The summed E-state index contributed by atoms with van der Waals surface area (Å²) in [6.07, 6.45) is 2.34. The van der Waals surface area contributed by atoms with Crippen LogP contribution in [-0.4, -0.2) is 22.1 Å². The SMILES string of the molecule is CCC(NCc1ccc(C)nc1)C(=O)O. The average molecular weight is 208 g/mol. The van der Waals surface area contributed by atoms with Gasteiger partial charge in [-0.05, 0) is 25.0 Å². The Morgan fingerprint density at radius 3 is 2.80 bits per heavy atom. The fraction of sp³-hybridized carbons (Fsp3) is 0.455. The van der Waals surface area contributed by atoms with Crippen molar-refractivity contribution in [2.24, 2.45) is 0 Å². The van der Waals surface area contributed by atoms with E-state index in [0.717, 1.165) is 11.3 Å². The normalized spacial score (nSPS) is 12.4. The Labute approximate surface area is 89.3 Å². The van der Waals surface area contributed by atoms with Gasteiger partial charge in [0.2, 0.25) is 0 Å². The largest absolute Gasteiger partial charge is 0.480 e. The van der Waals surface area contributed by atoms with Crippen LogP contribution in [0, 0.1) is 6.92 Å². The van der Waals surface area contributed by atoms with Crippen LogP contribution in [0.5, 0.6) is 0 Å². The summed E-state index contributed by atoms with van der Waals surface area (Å²) < 4.78 is 0. The summed E-state index contributed by atoms with van der Waals surface area (Å²) in [5, 5.41) is 11.8. The summed E-state index contributed by atoms with van der Waals surface area (Å²) in [7, 11) is 0. The van der Waals surface area contributed by atoms with Gasteiger partial charge in [-0.1, -0.05) is 13.0 Å². The van der Waals surface area contributed by atoms with Crippen molar-refractivity contribution in [1.82, 2.24) is 10.3 Å². The maximum absolute atomic E-state index is 10.7. The number of nitrogens with zero attached hydrogens (tertiary/aromatic N) is 1. The van der Waals surface area contributed by atoms with Crippen molar-refractivity contribution in [3.63, 3.8) is 0 Å². The molecule has 0 radical (unpaired) electrons. The Balaban J connectivity index is 2.49. The van der Waals surface area contributed by atoms with Crippen molar-refractivity contribution in [2.45, 2.75) is 32.9 Å². The molecule has 1 aromatic rings. The Morgan fingerprint density at radius 2 is 2.33 bits per heavy atom. The van der Waals surface area contributed by atoms with Crippen molar-refractivity contribution in [3.8, 4) is 0 Å². The lowest BCUT2D eigenvalue weighted by Gasteiger charge is -2.11. The topological polar surface area (TPSA) is 62.2 Å². The molecule has 0 bridgehead atoms. The Morgan fingerprint density at radius 1 is 1.60 bits per heavy atom. The molecule has 1 heterocycles. The Kier molecular flexibility index (Phi) is 4.24. The zero-order valence-electron chi connectivity index (χ0n) is 9.03. The van der Waals surface area contributed by atoms with Gasteiger partial charge in [-0.2, -0.15) is 0 Å². The number of carboxylic acids is 1. The molecule has 1 aromatic heterocycles. The number of rotatable bonds is 5. The van der Waals surface area contributed by atoms with Gasteiger partial charge < -0.3 is 10.4 Å². The zero-order chi connectivity index (χ0) is 11.3. The second-order valence-corrected chi connectivity index (χ2v) is 3.49. The summed E-state index contributed by atoms with van der Waals surface area (Å²) in [5.41, 5.74) is 1.96. The van der Waals surface area contributed by atoms with E-state index in [1.165, 1.54) is 0 Å². The summed E-state index contributed by atoms with van der Waals surface area (Å²) >= 11 is 0. The highest BCUT2D eigenvalue weighted by molar-refractivity contribution is 5.73. The third kappa shape index (κ3) is 3.67. The molecule has 1 atom stereocenters.